The van der Waals surface area contributed by atoms with Gasteiger partial charge in [-0.05, 0) is 17.2 Å². The van der Waals surface area contributed by atoms with Crippen LogP contribution in [0.5, 0.6) is 0 Å². The largest absolute Gasteiger partial charge is 0.328 e. The van der Waals surface area contributed by atoms with Crippen LogP contribution in [0.1, 0.15) is 11.1 Å². The molecule has 0 radical (unpaired) electrons. The highest BCUT2D eigenvalue weighted by Crippen LogP contribution is 2.38. The van der Waals surface area contributed by atoms with Crippen LogP contribution >= 0.6 is 11.6 Å². The fraction of sp³-hybridized carbons (Fsp3) is 0.227. The third-order valence-electron chi connectivity index (χ3n) is 5.78. The Morgan fingerprint density at radius 3 is 2.43 bits per heavy atom. The molecule has 152 valence electrons. The van der Waals surface area contributed by atoms with E-state index >= 15 is 0 Å². The van der Waals surface area contributed by atoms with Crippen molar-refractivity contribution in [2.45, 2.75) is 18.8 Å². The first kappa shape index (κ1) is 18.7. The topological polar surface area (TPSA) is 59.5 Å². The zero-order valence-corrected chi connectivity index (χ0v) is 17.3. The molecule has 0 N–H and O–H groups in total. The molecular weight excluding hydrogens is 402 g/mol. The molecule has 1 fully saturated rings. The van der Waals surface area contributed by atoms with E-state index in [1.165, 1.54) is 11.9 Å². The standard InChI is InChI=1S/C22H20ClN5O2/c1-25-19-18(20(29)26(2)22(25)30)28-13-17(14-8-4-3-5-9-14)27(21(28)24-19)12-15-10-6-7-11-16(15)23/h3-11,13,18-19H,12H2,1-2H3. The number of carbonyl (C=O) groups excluding carboxylic acids is 2. The van der Waals surface area contributed by atoms with Crippen molar-refractivity contribution < 1.29 is 9.59 Å². The first-order valence-electron chi connectivity index (χ1n) is 9.66. The molecule has 3 heterocycles. The van der Waals surface area contributed by atoms with Crippen molar-refractivity contribution >= 4 is 35.2 Å². The number of hydrogen-bond acceptors (Lipinski definition) is 5. The molecule has 30 heavy (non-hydrogen) atoms. The van der Waals surface area contributed by atoms with Crippen molar-refractivity contribution in [3.05, 3.63) is 76.9 Å². The fourth-order valence-electron chi connectivity index (χ4n) is 4.16. The van der Waals surface area contributed by atoms with E-state index in [0.717, 1.165) is 21.7 Å². The summed E-state index contributed by atoms with van der Waals surface area (Å²) in [6, 6.07) is 16.7. The van der Waals surface area contributed by atoms with Gasteiger partial charge < -0.3 is 14.7 Å². The van der Waals surface area contributed by atoms with Gasteiger partial charge in [0, 0.05) is 25.3 Å². The zero-order chi connectivity index (χ0) is 21.0. The molecule has 2 aromatic carbocycles. The minimum atomic E-state index is -0.581. The first-order valence-corrected chi connectivity index (χ1v) is 10.0. The quantitative estimate of drug-likeness (QED) is 0.764. The predicted molar refractivity (Wildman–Crippen MR) is 114 cm³/mol. The lowest BCUT2D eigenvalue weighted by molar-refractivity contribution is -0.135. The van der Waals surface area contributed by atoms with Gasteiger partial charge in [0.05, 0.1) is 12.2 Å². The van der Waals surface area contributed by atoms with Crippen LogP contribution < -0.4 is 0 Å². The molecule has 2 atom stereocenters. The molecule has 0 aromatic heterocycles. The summed E-state index contributed by atoms with van der Waals surface area (Å²) < 4.78 is 0. The van der Waals surface area contributed by atoms with Crippen molar-refractivity contribution in [1.29, 1.82) is 0 Å². The molecular formula is C22H20ClN5O2. The first-order chi connectivity index (χ1) is 14.5. The summed E-state index contributed by atoms with van der Waals surface area (Å²) in [5, 5.41) is 0.669. The van der Waals surface area contributed by atoms with Crippen LogP contribution in [0.25, 0.3) is 5.70 Å². The van der Waals surface area contributed by atoms with E-state index in [2.05, 4.69) is 4.90 Å². The van der Waals surface area contributed by atoms with Crippen molar-refractivity contribution in [3.63, 3.8) is 0 Å². The smallest absolute Gasteiger partial charge is 0.306 e. The highest BCUT2D eigenvalue weighted by molar-refractivity contribution is 6.31. The molecule has 5 rings (SSSR count). The number of aliphatic imine (C=N–C) groups is 1. The van der Waals surface area contributed by atoms with Crippen LogP contribution in [-0.4, -0.2) is 63.8 Å². The van der Waals surface area contributed by atoms with Gasteiger partial charge in [0.25, 0.3) is 5.91 Å². The van der Waals surface area contributed by atoms with E-state index in [4.69, 9.17) is 16.6 Å². The fourth-order valence-corrected chi connectivity index (χ4v) is 4.35. The van der Waals surface area contributed by atoms with Gasteiger partial charge in [0.15, 0.2) is 12.2 Å². The maximum atomic E-state index is 13.0. The summed E-state index contributed by atoms with van der Waals surface area (Å²) in [5.74, 6) is 0.386. The average Bonchev–Trinajstić information content (AvgIpc) is 3.30. The lowest BCUT2D eigenvalue weighted by Gasteiger charge is -2.38. The number of hydrogen-bond donors (Lipinski definition) is 0. The van der Waals surface area contributed by atoms with E-state index in [-0.39, 0.29) is 11.9 Å². The summed E-state index contributed by atoms with van der Waals surface area (Å²) in [6.07, 6.45) is 1.39. The number of likely N-dealkylation sites (N-methyl/N-ethyl adjacent to an activating group) is 2. The van der Waals surface area contributed by atoms with Crippen LogP contribution in [0.2, 0.25) is 5.02 Å². The van der Waals surface area contributed by atoms with Gasteiger partial charge in [-0.1, -0.05) is 60.1 Å². The third-order valence-corrected chi connectivity index (χ3v) is 6.15. The number of benzene rings is 2. The maximum Gasteiger partial charge on any atom is 0.328 e. The van der Waals surface area contributed by atoms with E-state index < -0.39 is 12.2 Å². The maximum absolute atomic E-state index is 13.0. The van der Waals surface area contributed by atoms with E-state index in [1.54, 1.807) is 7.05 Å². The van der Waals surface area contributed by atoms with Gasteiger partial charge in [-0.2, -0.15) is 0 Å². The molecule has 0 spiro atoms. The van der Waals surface area contributed by atoms with Crippen molar-refractivity contribution in [1.82, 2.24) is 19.6 Å². The van der Waals surface area contributed by atoms with Crippen molar-refractivity contribution in [2.24, 2.45) is 4.99 Å². The van der Waals surface area contributed by atoms with E-state index in [0.29, 0.717) is 17.5 Å². The molecule has 0 saturated carbocycles. The van der Waals surface area contributed by atoms with Crippen LogP contribution in [-0.2, 0) is 11.3 Å². The minimum Gasteiger partial charge on any atom is -0.306 e. The number of guanidine groups is 1. The Kier molecular flexibility index (Phi) is 4.29. The Labute approximate surface area is 179 Å². The second kappa shape index (κ2) is 6.88. The second-order valence-corrected chi connectivity index (χ2v) is 7.95. The molecule has 3 aliphatic rings. The number of fused-ring (bicyclic) bond motifs is 3. The van der Waals surface area contributed by atoms with Gasteiger partial charge in [-0.25, -0.2) is 9.79 Å². The number of amides is 3. The Bertz CT molecular complexity index is 1100. The molecule has 2 unspecified atom stereocenters. The normalized spacial score (nSPS) is 22.9. The number of halogens is 1. The summed E-state index contributed by atoms with van der Waals surface area (Å²) in [5.41, 5.74) is 2.90. The summed E-state index contributed by atoms with van der Waals surface area (Å²) in [7, 11) is 3.18. The summed E-state index contributed by atoms with van der Waals surface area (Å²) >= 11 is 6.43. The Hall–Kier alpha value is -3.32. The number of urea groups is 1. The minimum absolute atomic E-state index is 0.259. The second-order valence-electron chi connectivity index (χ2n) is 7.54. The lowest BCUT2D eigenvalue weighted by Crippen LogP contribution is -2.63. The Balaban J connectivity index is 1.59. The number of carbonyl (C=O) groups is 2. The number of rotatable bonds is 3. The summed E-state index contributed by atoms with van der Waals surface area (Å²) in [6.45, 7) is 0.497. The number of nitrogens with zero attached hydrogens (tertiary/aromatic N) is 5. The van der Waals surface area contributed by atoms with Crippen molar-refractivity contribution in [2.75, 3.05) is 14.1 Å². The highest BCUT2D eigenvalue weighted by atomic mass is 35.5. The lowest BCUT2D eigenvalue weighted by atomic mass is 10.1. The molecule has 0 aliphatic carbocycles. The van der Waals surface area contributed by atoms with Crippen molar-refractivity contribution in [3.8, 4) is 0 Å². The molecule has 2 aromatic rings. The SMILES string of the molecule is CN1C(=O)C2C(N=C3N(Cc4ccccc4Cl)C(c4ccccc4)=CN32)N(C)C1=O. The van der Waals surface area contributed by atoms with Crippen LogP contribution in [0.3, 0.4) is 0 Å². The Morgan fingerprint density at radius 1 is 1.00 bits per heavy atom. The monoisotopic (exact) mass is 421 g/mol. The van der Waals surface area contributed by atoms with Gasteiger partial charge in [0.1, 0.15) is 0 Å². The zero-order valence-electron chi connectivity index (χ0n) is 16.6. The van der Waals surface area contributed by atoms with Crippen LogP contribution in [0, 0.1) is 0 Å². The molecule has 7 nitrogen and oxygen atoms in total. The van der Waals surface area contributed by atoms with E-state index in [1.807, 2.05) is 65.7 Å². The summed E-state index contributed by atoms with van der Waals surface area (Å²) in [4.78, 5) is 36.8. The average molecular weight is 422 g/mol. The van der Waals surface area contributed by atoms with Gasteiger partial charge in [-0.3, -0.25) is 9.69 Å². The highest BCUT2D eigenvalue weighted by Gasteiger charge is 2.53. The molecule has 3 amide bonds. The molecule has 1 saturated heterocycles. The Morgan fingerprint density at radius 2 is 1.70 bits per heavy atom. The number of imide groups is 1. The van der Waals surface area contributed by atoms with Crippen LogP contribution in [0.4, 0.5) is 4.79 Å². The molecule has 3 aliphatic heterocycles. The van der Waals surface area contributed by atoms with Gasteiger partial charge in [-0.15, -0.1) is 0 Å². The molecule has 8 heteroatoms. The third kappa shape index (κ3) is 2.69. The molecule has 0 bridgehead atoms. The van der Waals surface area contributed by atoms with Gasteiger partial charge in [0.2, 0.25) is 5.96 Å². The van der Waals surface area contributed by atoms with E-state index in [9.17, 15) is 9.59 Å². The van der Waals surface area contributed by atoms with Crippen LogP contribution in [0.15, 0.2) is 65.8 Å². The predicted octanol–water partition coefficient (Wildman–Crippen LogP) is 3.04. The van der Waals surface area contributed by atoms with Gasteiger partial charge >= 0.3 is 6.03 Å².